The van der Waals surface area contributed by atoms with Crippen LogP contribution in [0.3, 0.4) is 0 Å². The van der Waals surface area contributed by atoms with E-state index >= 15 is 0 Å². The Balaban J connectivity index is 1.53. The monoisotopic (exact) mass is 515 g/mol. The van der Waals surface area contributed by atoms with Crippen molar-refractivity contribution < 1.29 is 14.6 Å². The van der Waals surface area contributed by atoms with Gasteiger partial charge in [0.25, 0.3) is 0 Å². The largest absolute Gasteiger partial charge is 0.456 e. The van der Waals surface area contributed by atoms with Crippen LogP contribution in [0.1, 0.15) is 49.8 Å². The zero-order chi connectivity index (χ0) is 27.2. The predicted octanol–water partition coefficient (Wildman–Crippen LogP) is 6.11. The molecule has 1 aromatic heterocycles. The number of nitrogens with zero attached hydrogens (tertiary/aromatic N) is 3. The van der Waals surface area contributed by atoms with Crippen molar-refractivity contribution in [3.05, 3.63) is 64.6 Å². The zero-order valence-electron chi connectivity index (χ0n) is 22.7. The van der Waals surface area contributed by atoms with Crippen LogP contribution in [0.25, 0.3) is 15.7 Å². The third-order valence-corrected chi connectivity index (χ3v) is 7.25. The first-order chi connectivity index (χ1) is 18.3. The molecule has 0 radical (unpaired) electrons. The molecule has 0 saturated heterocycles. The number of carbonyl (C=O) groups excluding carboxylic acids is 1. The summed E-state index contributed by atoms with van der Waals surface area (Å²) in [6.07, 6.45) is 4.51. The van der Waals surface area contributed by atoms with Gasteiger partial charge in [-0.15, -0.1) is 0 Å². The number of benzene rings is 2. The molecule has 3 N–H and O–H groups in total. The molecule has 0 unspecified atom stereocenters. The Morgan fingerprint density at radius 1 is 1.18 bits per heavy atom. The Bertz CT molecular complexity index is 1340. The van der Waals surface area contributed by atoms with E-state index in [0.717, 1.165) is 59.2 Å². The fraction of sp³-hybridized carbons (Fsp3) is 0.433. The van der Waals surface area contributed by atoms with Crippen molar-refractivity contribution in [1.82, 2.24) is 15.2 Å². The van der Waals surface area contributed by atoms with Crippen LogP contribution in [0.4, 0.5) is 16.2 Å². The number of ether oxygens (including phenoxy) is 1. The number of urea groups is 1. The number of anilines is 1. The lowest BCUT2D eigenvalue weighted by atomic mass is 10.0. The van der Waals surface area contributed by atoms with Crippen LogP contribution >= 0.6 is 0 Å². The highest BCUT2D eigenvalue weighted by Crippen LogP contribution is 2.37. The smallest absolute Gasteiger partial charge is 0.319 e. The highest BCUT2D eigenvalue weighted by molar-refractivity contribution is 5.91. The minimum Gasteiger partial charge on any atom is -0.456 e. The number of aliphatic hydroxyl groups is 1. The molecule has 1 saturated carbocycles. The molecule has 38 heavy (non-hydrogen) atoms. The molecule has 0 aliphatic heterocycles. The van der Waals surface area contributed by atoms with Gasteiger partial charge in [0.1, 0.15) is 11.5 Å². The molecule has 200 valence electrons. The summed E-state index contributed by atoms with van der Waals surface area (Å²) in [4.78, 5) is 22.7. The van der Waals surface area contributed by atoms with E-state index in [-0.39, 0.29) is 12.1 Å². The Labute approximate surface area is 224 Å². The summed E-state index contributed by atoms with van der Waals surface area (Å²) < 4.78 is 6.33. The highest BCUT2D eigenvalue weighted by atomic mass is 16.5. The summed E-state index contributed by atoms with van der Waals surface area (Å²) in [5.41, 5.74) is 4.76. The maximum Gasteiger partial charge on any atom is 0.319 e. The number of rotatable bonds is 11. The van der Waals surface area contributed by atoms with Crippen LogP contribution in [-0.2, 0) is 6.42 Å². The Hall–Kier alpha value is -3.67. The lowest BCUT2D eigenvalue weighted by Gasteiger charge is -2.22. The third kappa shape index (κ3) is 6.60. The number of likely N-dealkylation sites (N-methyl/N-ethyl adjacent to an activating group) is 1. The van der Waals surface area contributed by atoms with Gasteiger partial charge < -0.3 is 25.4 Å². The van der Waals surface area contributed by atoms with Crippen molar-refractivity contribution in [2.24, 2.45) is 0 Å². The summed E-state index contributed by atoms with van der Waals surface area (Å²) in [6.45, 7) is 18.3. The Morgan fingerprint density at radius 3 is 2.63 bits per heavy atom. The van der Waals surface area contributed by atoms with E-state index in [0.29, 0.717) is 36.6 Å². The van der Waals surface area contributed by atoms with E-state index in [2.05, 4.69) is 39.2 Å². The second-order valence-electron chi connectivity index (χ2n) is 9.93. The van der Waals surface area contributed by atoms with Crippen LogP contribution in [-0.4, -0.2) is 52.8 Å². The van der Waals surface area contributed by atoms with Crippen LogP contribution in [0.15, 0.2) is 36.5 Å². The molecule has 2 amide bonds. The van der Waals surface area contributed by atoms with Gasteiger partial charge in [-0.2, -0.15) is 0 Å². The van der Waals surface area contributed by atoms with Crippen molar-refractivity contribution in [2.45, 2.75) is 65.5 Å². The first kappa shape index (κ1) is 27.4. The van der Waals surface area contributed by atoms with Crippen LogP contribution < -0.4 is 15.4 Å². The molecular weight excluding hydrogens is 478 g/mol. The lowest BCUT2D eigenvalue weighted by Crippen LogP contribution is -2.32. The van der Waals surface area contributed by atoms with Crippen molar-refractivity contribution in [3.63, 3.8) is 0 Å². The first-order valence-electron chi connectivity index (χ1n) is 13.4. The number of nitrogens with one attached hydrogen (secondary N) is 2. The van der Waals surface area contributed by atoms with Gasteiger partial charge in [0.05, 0.1) is 18.2 Å². The topological polar surface area (TPSA) is 91.1 Å². The normalized spacial score (nSPS) is 13.8. The maximum absolute atomic E-state index is 12.2. The molecular formula is C30H37N5O3. The van der Waals surface area contributed by atoms with Crippen LogP contribution in [0.5, 0.6) is 11.5 Å². The minimum absolute atomic E-state index is 0.188. The quantitative estimate of drug-likeness (QED) is 0.268. The highest BCUT2D eigenvalue weighted by Gasteiger charge is 2.23. The predicted molar refractivity (Wildman–Crippen MR) is 151 cm³/mol. The number of hydrogen-bond acceptors (Lipinski definition) is 5. The number of hydrogen-bond donors (Lipinski definition) is 3. The zero-order valence-corrected chi connectivity index (χ0v) is 22.7. The average Bonchev–Trinajstić information content (AvgIpc) is 3.73. The van der Waals surface area contributed by atoms with Gasteiger partial charge >= 0.3 is 6.03 Å². The number of aromatic nitrogens is 1. The molecule has 2 aromatic carbocycles. The summed E-state index contributed by atoms with van der Waals surface area (Å²) >= 11 is 0. The summed E-state index contributed by atoms with van der Waals surface area (Å²) in [5.74, 6) is 1.29. The molecule has 8 heteroatoms. The second-order valence-corrected chi connectivity index (χ2v) is 9.93. The molecule has 8 nitrogen and oxygen atoms in total. The number of fused-ring (bicyclic) bond motifs is 1. The summed E-state index contributed by atoms with van der Waals surface area (Å²) in [5, 5.41) is 17.1. The van der Waals surface area contributed by atoms with E-state index in [4.69, 9.17) is 11.3 Å². The second kappa shape index (κ2) is 12.2. The molecule has 4 rings (SSSR count). The minimum atomic E-state index is -0.449. The van der Waals surface area contributed by atoms with E-state index in [1.165, 1.54) is 0 Å². The van der Waals surface area contributed by atoms with Crippen molar-refractivity contribution in [3.8, 4) is 11.5 Å². The summed E-state index contributed by atoms with van der Waals surface area (Å²) in [7, 11) is 0. The Kier molecular flexibility index (Phi) is 8.82. The molecule has 1 aliphatic carbocycles. The molecule has 1 aliphatic rings. The lowest BCUT2D eigenvalue weighted by molar-refractivity contribution is 0.111. The van der Waals surface area contributed by atoms with Gasteiger partial charge in [-0.25, -0.2) is 9.64 Å². The van der Waals surface area contributed by atoms with E-state index in [1.807, 2.05) is 38.1 Å². The van der Waals surface area contributed by atoms with E-state index < -0.39 is 6.10 Å². The van der Waals surface area contributed by atoms with Crippen LogP contribution in [0, 0.1) is 20.4 Å². The van der Waals surface area contributed by atoms with Gasteiger partial charge in [0.15, 0.2) is 5.69 Å². The van der Waals surface area contributed by atoms with Gasteiger partial charge in [0.2, 0.25) is 0 Å². The number of carbonyl (C=O) groups is 1. The van der Waals surface area contributed by atoms with Crippen molar-refractivity contribution in [2.75, 3.05) is 25.0 Å². The van der Waals surface area contributed by atoms with E-state index in [9.17, 15) is 9.90 Å². The van der Waals surface area contributed by atoms with Gasteiger partial charge in [-0.05, 0) is 99.6 Å². The standard InChI is InChI=1S/C30H37N5O3/c1-6-35(7-2)18-23(36)11-8-21-16-27-24(17-26(21)31-5)29(14-15-32-27)38-28-13-12-25(19(3)20(28)4)34-30(37)33-22-9-10-22/h12-17,22-23,36H,6-11,18H2,1-4H3,(H2,33,34,37)/t23-/m0/s1. The first-order valence-corrected chi connectivity index (χ1v) is 13.4. The molecule has 3 aromatic rings. The maximum atomic E-state index is 12.2. The summed E-state index contributed by atoms with van der Waals surface area (Å²) in [6, 6.07) is 9.36. The van der Waals surface area contributed by atoms with Crippen LogP contribution in [0.2, 0.25) is 0 Å². The average molecular weight is 516 g/mol. The van der Waals surface area contributed by atoms with Crippen molar-refractivity contribution >= 4 is 28.3 Å². The van der Waals surface area contributed by atoms with Crippen molar-refractivity contribution in [1.29, 1.82) is 0 Å². The fourth-order valence-electron chi connectivity index (χ4n) is 4.52. The third-order valence-electron chi connectivity index (χ3n) is 7.25. The number of aliphatic hydroxyl groups excluding tert-OH is 1. The molecule has 1 atom stereocenters. The van der Waals surface area contributed by atoms with E-state index in [1.54, 1.807) is 12.3 Å². The fourth-order valence-corrected chi connectivity index (χ4v) is 4.52. The number of aryl methyl sites for hydroxylation is 1. The Morgan fingerprint density at radius 2 is 1.95 bits per heavy atom. The van der Waals surface area contributed by atoms with Gasteiger partial charge in [-0.1, -0.05) is 13.8 Å². The SMILES string of the molecule is [C-]#[N+]c1cc2c(Oc3ccc(NC(=O)NC4CC4)c(C)c3C)ccnc2cc1CC[C@H](O)CN(CC)CC. The van der Waals surface area contributed by atoms with Gasteiger partial charge in [0, 0.05) is 29.9 Å². The molecule has 1 heterocycles. The molecule has 0 spiro atoms. The number of pyridine rings is 1. The molecule has 0 bridgehead atoms. The van der Waals surface area contributed by atoms with Gasteiger partial charge in [-0.3, -0.25) is 4.98 Å². The molecule has 1 fully saturated rings. The number of amides is 2.